The summed E-state index contributed by atoms with van der Waals surface area (Å²) in [5, 5.41) is 2.00. The number of amides is 1. The van der Waals surface area contributed by atoms with Crippen molar-refractivity contribution < 1.29 is 4.79 Å². The van der Waals surface area contributed by atoms with Crippen molar-refractivity contribution in [3.05, 3.63) is 69.2 Å². The van der Waals surface area contributed by atoms with Gasteiger partial charge in [-0.1, -0.05) is 65.4 Å². The molecule has 26 heavy (non-hydrogen) atoms. The highest BCUT2D eigenvalue weighted by Gasteiger charge is 2.33. The van der Waals surface area contributed by atoms with Crippen LogP contribution in [0.3, 0.4) is 0 Å². The van der Waals surface area contributed by atoms with Crippen LogP contribution in [-0.4, -0.2) is 14.8 Å². The van der Waals surface area contributed by atoms with Crippen LogP contribution in [0.2, 0.25) is 10.0 Å². The van der Waals surface area contributed by atoms with Gasteiger partial charge in [-0.25, -0.2) is 0 Å². The first kappa shape index (κ1) is 17.6. The third-order valence-corrected chi connectivity index (χ3v) is 5.85. The lowest BCUT2D eigenvalue weighted by Crippen LogP contribution is -2.27. The summed E-state index contributed by atoms with van der Waals surface area (Å²) in [6.07, 6.45) is 3.89. The number of anilines is 1. The molecule has 0 N–H and O–H groups in total. The zero-order valence-electron chi connectivity index (χ0n) is 13.6. The molecule has 0 spiro atoms. The summed E-state index contributed by atoms with van der Waals surface area (Å²) < 4.78 is 2.50. The number of benzene rings is 2. The lowest BCUT2D eigenvalue weighted by atomic mass is 10.1. The second kappa shape index (κ2) is 6.74. The highest BCUT2D eigenvalue weighted by molar-refractivity contribution is 8.27. The fraction of sp³-hybridized carbons (Fsp3) is 0.0526. The number of halogens is 2. The molecular formula is C19H12Cl2N2OS2. The van der Waals surface area contributed by atoms with Gasteiger partial charge in [-0.05, 0) is 30.3 Å². The number of aromatic nitrogens is 1. The number of thioether (sulfide) groups is 1. The average Bonchev–Trinajstić information content (AvgIpc) is 3.04. The minimum Gasteiger partial charge on any atom is -0.350 e. The normalized spacial score (nSPS) is 16.3. The van der Waals surface area contributed by atoms with E-state index in [9.17, 15) is 4.79 Å². The molecule has 1 aromatic heterocycles. The number of fused-ring (bicyclic) bond motifs is 1. The van der Waals surface area contributed by atoms with Crippen molar-refractivity contribution in [3.63, 3.8) is 0 Å². The molecule has 3 aromatic rings. The second-order valence-electron chi connectivity index (χ2n) is 5.86. The first-order valence-corrected chi connectivity index (χ1v) is 9.70. The molecule has 0 bridgehead atoms. The monoisotopic (exact) mass is 418 g/mol. The summed E-state index contributed by atoms with van der Waals surface area (Å²) in [6.45, 7) is 0. The molecule has 1 fully saturated rings. The van der Waals surface area contributed by atoms with Crippen LogP contribution < -0.4 is 4.90 Å². The van der Waals surface area contributed by atoms with Gasteiger partial charge in [0.25, 0.3) is 5.91 Å². The average molecular weight is 419 g/mol. The Morgan fingerprint density at radius 2 is 1.81 bits per heavy atom. The van der Waals surface area contributed by atoms with Crippen LogP contribution in [0.25, 0.3) is 17.0 Å². The van der Waals surface area contributed by atoms with Crippen molar-refractivity contribution in [1.82, 2.24) is 4.57 Å². The van der Waals surface area contributed by atoms with Gasteiger partial charge in [-0.15, -0.1) is 0 Å². The van der Waals surface area contributed by atoms with Crippen molar-refractivity contribution >= 4 is 80.1 Å². The SMILES string of the molecule is Cn1cc(/C=C2\SC(=S)N(c3cc(Cl)cc(Cl)c3)C2=O)c2ccccc21. The fourth-order valence-corrected chi connectivity index (χ4v) is 4.79. The van der Waals surface area contributed by atoms with Gasteiger partial charge in [-0.3, -0.25) is 9.69 Å². The number of para-hydroxylation sites is 1. The van der Waals surface area contributed by atoms with Crippen LogP contribution in [0.4, 0.5) is 5.69 Å². The highest BCUT2D eigenvalue weighted by atomic mass is 35.5. The van der Waals surface area contributed by atoms with E-state index >= 15 is 0 Å². The molecule has 1 saturated heterocycles. The number of hydrogen-bond acceptors (Lipinski definition) is 3. The fourth-order valence-electron chi connectivity index (χ4n) is 2.99. The molecule has 2 heterocycles. The van der Waals surface area contributed by atoms with Crippen LogP contribution in [0.1, 0.15) is 5.56 Å². The number of rotatable bonds is 2. The summed E-state index contributed by atoms with van der Waals surface area (Å²) in [6, 6.07) is 13.0. The van der Waals surface area contributed by atoms with Gasteiger partial charge in [0.1, 0.15) is 0 Å². The molecule has 0 aliphatic carbocycles. The van der Waals surface area contributed by atoms with E-state index in [2.05, 4.69) is 0 Å². The molecule has 1 amide bonds. The topological polar surface area (TPSA) is 25.2 Å². The number of carbonyl (C=O) groups excluding carboxylic acids is 1. The Labute approximate surface area is 170 Å². The molecule has 0 unspecified atom stereocenters. The smallest absolute Gasteiger partial charge is 0.270 e. The predicted octanol–water partition coefficient (Wildman–Crippen LogP) is 5.89. The van der Waals surface area contributed by atoms with Crippen molar-refractivity contribution in [3.8, 4) is 0 Å². The Bertz CT molecular complexity index is 1080. The molecule has 1 aliphatic heterocycles. The Morgan fingerprint density at radius 1 is 1.12 bits per heavy atom. The Balaban J connectivity index is 1.76. The quantitative estimate of drug-likeness (QED) is 0.383. The van der Waals surface area contributed by atoms with Gasteiger partial charge >= 0.3 is 0 Å². The van der Waals surface area contributed by atoms with Crippen molar-refractivity contribution in [2.45, 2.75) is 0 Å². The lowest BCUT2D eigenvalue weighted by Gasteiger charge is -2.15. The maximum atomic E-state index is 12.9. The number of carbonyl (C=O) groups is 1. The predicted molar refractivity (Wildman–Crippen MR) is 115 cm³/mol. The largest absolute Gasteiger partial charge is 0.350 e. The molecule has 0 radical (unpaired) electrons. The Kier molecular flexibility index (Phi) is 4.57. The van der Waals surface area contributed by atoms with E-state index in [1.807, 2.05) is 48.2 Å². The lowest BCUT2D eigenvalue weighted by molar-refractivity contribution is -0.113. The Hall–Kier alpha value is -1.79. The minimum atomic E-state index is -0.175. The number of hydrogen-bond donors (Lipinski definition) is 0. The number of aryl methyl sites for hydroxylation is 1. The standard InChI is InChI=1S/C19H12Cl2N2OS2/c1-22-10-11(15-4-2-3-5-16(15)22)6-17-18(24)23(19(25)26-17)14-8-12(20)7-13(21)9-14/h2-10H,1H3/b17-6-. The van der Waals surface area contributed by atoms with Gasteiger partial charge in [0.15, 0.2) is 4.32 Å². The van der Waals surface area contributed by atoms with E-state index in [1.165, 1.54) is 16.7 Å². The molecular weight excluding hydrogens is 407 g/mol. The van der Waals surface area contributed by atoms with E-state index < -0.39 is 0 Å². The summed E-state index contributed by atoms with van der Waals surface area (Å²) in [7, 11) is 1.98. The van der Waals surface area contributed by atoms with E-state index in [-0.39, 0.29) is 5.91 Å². The van der Waals surface area contributed by atoms with Crippen molar-refractivity contribution in [2.24, 2.45) is 7.05 Å². The van der Waals surface area contributed by atoms with Crippen LogP contribution in [0.15, 0.2) is 53.6 Å². The molecule has 3 nitrogen and oxygen atoms in total. The molecule has 4 rings (SSSR count). The first-order valence-electron chi connectivity index (χ1n) is 7.72. The highest BCUT2D eigenvalue weighted by Crippen LogP contribution is 2.38. The maximum absolute atomic E-state index is 12.9. The van der Waals surface area contributed by atoms with Crippen LogP contribution in [0.5, 0.6) is 0 Å². The number of thiocarbonyl (C=S) groups is 1. The Morgan fingerprint density at radius 3 is 2.54 bits per heavy atom. The molecule has 0 atom stereocenters. The van der Waals surface area contributed by atoms with Crippen LogP contribution >= 0.6 is 47.2 Å². The van der Waals surface area contributed by atoms with E-state index in [0.29, 0.717) is 25.0 Å². The third-order valence-electron chi connectivity index (χ3n) is 4.11. The van der Waals surface area contributed by atoms with Crippen molar-refractivity contribution in [1.29, 1.82) is 0 Å². The third kappa shape index (κ3) is 3.05. The molecule has 7 heteroatoms. The van der Waals surface area contributed by atoms with E-state index in [0.717, 1.165) is 16.5 Å². The van der Waals surface area contributed by atoms with Gasteiger partial charge in [0, 0.05) is 39.8 Å². The zero-order valence-corrected chi connectivity index (χ0v) is 16.7. The second-order valence-corrected chi connectivity index (χ2v) is 8.41. The summed E-state index contributed by atoms with van der Waals surface area (Å²) in [5.41, 5.74) is 2.66. The maximum Gasteiger partial charge on any atom is 0.270 e. The van der Waals surface area contributed by atoms with Crippen LogP contribution in [-0.2, 0) is 11.8 Å². The van der Waals surface area contributed by atoms with Crippen LogP contribution in [0, 0.1) is 0 Å². The minimum absolute atomic E-state index is 0.175. The summed E-state index contributed by atoms with van der Waals surface area (Å²) >= 11 is 18.8. The molecule has 130 valence electrons. The summed E-state index contributed by atoms with van der Waals surface area (Å²) in [5.74, 6) is -0.175. The van der Waals surface area contributed by atoms with Gasteiger partial charge in [-0.2, -0.15) is 0 Å². The van der Waals surface area contributed by atoms with Gasteiger partial charge in [0.2, 0.25) is 0 Å². The van der Waals surface area contributed by atoms with E-state index in [4.69, 9.17) is 35.4 Å². The van der Waals surface area contributed by atoms with E-state index in [1.54, 1.807) is 18.2 Å². The molecule has 0 saturated carbocycles. The first-order chi connectivity index (χ1) is 12.4. The van der Waals surface area contributed by atoms with Gasteiger partial charge in [0.05, 0.1) is 10.6 Å². The molecule has 1 aliphatic rings. The van der Waals surface area contributed by atoms with Gasteiger partial charge < -0.3 is 4.57 Å². The summed E-state index contributed by atoms with van der Waals surface area (Å²) in [4.78, 5) is 15.0. The zero-order chi connectivity index (χ0) is 18.4. The number of nitrogens with zero attached hydrogens (tertiary/aromatic N) is 2. The molecule has 2 aromatic carbocycles. The van der Waals surface area contributed by atoms with Crippen molar-refractivity contribution in [2.75, 3.05) is 4.90 Å².